The first-order valence-corrected chi connectivity index (χ1v) is 9.80. The molecule has 0 radical (unpaired) electrons. The summed E-state index contributed by atoms with van der Waals surface area (Å²) in [5.74, 6) is -0.175. The molecule has 1 amide bonds. The molecule has 0 aliphatic rings. The molecule has 8 heteroatoms. The van der Waals surface area contributed by atoms with Crippen LogP contribution < -0.4 is 5.32 Å². The van der Waals surface area contributed by atoms with E-state index in [9.17, 15) is 13.2 Å². The highest BCUT2D eigenvalue weighted by molar-refractivity contribution is 7.89. The second-order valence-corrected chi connectivity index (χ2v) is 8.56. The van der Waals surface area contributed by atoms with E-state index >= 15 is 0 Å². The lowest BCUT2D eigenvalue weighted by Gasteiger charge is -2.21. The standard InChI is InChI=1S/C16H21N3O3S2/c1-11(2)19(4)24(21,22)14-7-5-13(6-8-14)9-17-16(20)15-12(3)18-10-23-15/h5-8,10-11H,9H2,1-4H3,(H,17,20). The zero-order chi connectivity index (χ0) is 17.9. The molecule has 2 rings (SSSR count). The van der Waals surface area contributed by atoms with E-state index in [4.69, 9.17) is 0 Å². The number of amides is 1. The van der Waals surface area contributed by atoms with Gasteiger partial charge in [-0.15, -0.1) is 11.3 Å². The highest BCUT2D eigenvalue weighted by atomic mass is 32.2. The van der Waals surface area contributed by atoms with Crippen LogP contribution in [0.3, 0.4) is 0 Å². The second-order valence-electron chi connectivity index (χ2n) is 5.71. The zero-order valence-corrected chi connectivity index (χ0v) is 15.7. The molecular weight excluding hydrogens is 346 g/mol. The lowest BCUT2D eigenvalue weighted by Crippen LogP contribution is -2.33. The van der Waals surface area contributed by atoms with Crippen LogP contribution in [0.4, 0.5) is 0 Å². The number of carbonyl (C=O) groups is 1. The molecule has 0 aliphatic carbocycles. The van der Waals surface area contributed by atoms with Gasteiger partial charge in [-0.2, -0.15) is 4.31 Å². The fourth-order valence-corrected chi connectivity index (χ4v) is 4.09. The van der Waals surface area contributed by atoms with Crippen molar-refractivity contribution < 1.29 is 13.2 Å². The van der Waals surface area contributed by atoms with Crippen molar-refractivity contribution in [3.8, 4) is 0 Å². The molecule has 1 heterocycles. The molecule has 0 fully saturated rings. The van der Waals surface area contributed by atoms with Crippen molar-refractivity contribution in [3.05, 3.63) is 45.9 Å². The van der Waals surface area contributed by atoms with Gasteiger partial charge < -0.3 is 5.32 Å². The van der Waals surface area contributed by atoms with E-state index in [-0.39, 0.29) is 16.8 Å². The fourth-order valence-electron chi connectivity index (χ4n) is 2.01. The normalized spacial score (nSPS) is 11.9. The van der Waals surface area contributed by atoms with Crippen LogP contribution in [0, 0.1) is 6.92 Å². The van der Waals surface area contributed by atoms with E-state index in [1.54, 1.807) is 43.7 Å². The maximum Gasteiger partial charge on any atom is 0.263 e. The fraction of sp³-hybridized carbons (Fsp3) is 0.375. The van der Waals surface area contributed by atoms with E-state index in [0.717, 1.165) is 5.56 Å². The van der Waals surface area contributed by atoms with Gasteiger partial charge in [-0.1, -0.05) is 12.1 Å². The summed E-state index contributed by atoms with van der Waals surface area (Å²) in [5, 5.41) is 2.81. The SMILES string of the molecule is Cc1ncsc1C(=O)NCc1ccc(S(=O)(=O)N(C)C(C)C)cc1. The molecule has 0 atom stereocenters. The maximum atomic E-state index is 12.4. The Balaban J connectivity index is 2.05. The summed E-state index contributed by atoms with van der Waals surface area (Å²) in [6, 6.07) is 6.43. The van der Waals surface area contributed by atoms with Gasteiger partial charge in [-0.05, 0) is 38.5 Å². The van der Waals surface area contributed by atoms with Gasteiger partial charge in [0.05, 0.1) is 16.1 Å². The van der Waals surface area contributed by atoms with Gasteiger partial charge in [0.1, 0.15) is 4.88 Å². The Labute approximate surface area is 146 Å². The van der Waals surface area contributed by atoms with Crippen LogP contribution in [0.1, 0.15) is 34.8 Å². The average molecular weight is 367 g/mol. The Morgan fingerprint density at radius 2 is 1.92 bits per heavy atom. The van der Waals surface area contributed by atoms with Gasteiger partial charge in [0.2, 0.25) is 10.0 Å². The predicted molar refractivity (Wildman–Crippen MR) is 94.5 cm³/mol. The van der Waals surface area contributed by atoms with Crippen LogP contribution in [-0.4, -0.2) is 36.7 Å². The molecule has 0 spiro atoms. The predicted octanol–water partition coefficient (Wildman–Crippen LogP) is 2.41. The van der Waals surface area contributed by atoms with Crippen molar-refractivity contribution in [1.82, 2.24) is 14.6 Å². The Kier molecular flexibility index (Phi) is 5.74. The molecule has 1 aromatic heterocycles. The van der Waals surface area contributed by atoms with Crippen LogP contribution >= 0.6 is 11.3 Å². The van der Waals surface area contributed by atoms with E-state index in [0.29, 0.717) is 17.1 Å². The van der Waals surface area contributed by atoms with Crippen molar-refractivity contribution in [2.75, 3.05) is 7.05 Å². The largest absolute Gasteiger partial charge is 0.347 e. The van der Waals surface area contributed by atoms with Crippen LogP contribution in [0.2, 0.25) is 0 Å². The van der Waals surface area contributed by atoms with E-state index < -0.39 is 10.0 Å². The number of hydrogen-bond acceptors (Lipinski definition) is 5. The Bertz CT molecular complexity index is 811. The van der Waals surface area contributed by atoms with Crippen LogP contribution in [-0.2, 0) is 16.6 Å². The lowest BCUT2D eigenvalue weighted by molar-refractivity contribution is 0.0954. The highest BCUT2D eigenvalue weighted by Gasteiger charge is 2.22. The Hall–Kier alpha value is -1.77. The van der Waals surface area contributed by atoms with Crippen LogP contribution in [0.25, 0.3) is 0 Å². The minimum Gasteiger partial charge on any atom is -0.347 e. The van der Waals surface area contributed by atoms with Gasteiger partial charge in [0.15, 0.2) is 0 Å². The molecule has 6 nitrogen and oxygen atoms in total. The molecular formula is C16H21N3O3S2. The quantitative estimate of drug-likeness (QED) is 0.850. The van der Waals surface area contributed by atoms with Crippen molar-refractivity contribution in [2.24, 2.45) is 0 Å². The minimum atomic E-state index is -3.49. The summed E-state index contributed by atoms with van der Waals surface area (Å²) in [6.45, 7) is 5.76. The van der Waals surface area contributed by atoms with Crippen LogP contribution in [0.5, 0.6) is 0 Å². The van der Waals surface area contributed by atoms with E-state index in [1.807, 2.05) is 13.8 Å². The molecule has 1 N–H and O–H groups in total. The van der Waals surface area contributed by atoms with E-state index in [2.05, 4.69) is 10.3 Å². The monoisotopic (exact) mass is 367 g/mol. The van der Waals surface area contributed by atoms with Crippen molar-refractivity contribution in [1.29, 1.82) is 0 Å². The third-order valence-electron chi connectivity index (χ3n) is 3.73. The summed E-state index contributed by atoms with van der Waals surface area (Å²) in [4.78, 5) is 16.9. The smallest absolute Gasteiger partial charge is 0.263 e. The number of thiazole rings is 1. The van der Waals surface area contributed by atoms with Gasteiger partial charge in [-0.25, -0.2) is 13.4 Å². The van der Waals surface area contributed by atoms with Gasteiger partial charge in [0.25, 0.3) is 5.91 Å². The average Bonchev–Trinajstić information content (AvgIpc) is 2.98. The minimum absolute atomic E-state index is 0.114. The van der Waals surface area contributed by atoms with Crippen LogP contribution in [0.15, 0.2) is 34.7 Å². The summed E-state index contributed by atoms with van der Waals surface area (Å²) in [7, 11) is -1.93. The number of nitrogens with one attached hydrogen (secondary N) is 1. The number of sulfonamides is 1. The summed E-state index contributed by atoms with van der Waals surface area (Å²) in [5.41, 5.74) is 3.17. The molecule has 24 heavy (non-hydrogen) atoms. The first-order valence-electron chi connectivity index (χ1n) is 7.48. The number of carbonyl (C=O) groups excluding carboxylic acids is 1. The number of hydrogen-bond donors (Lipinski definition) is 1. The number of benzene rings is 1. The summed E-state index contributed by atoms with van der Waals surface area (Å²) in [6.07, 6.45) is 0. The van der Waals surface area contributed by atoms with Crippen molar-refractivity contribution in [3.63, 3.8) is 0 Å². The summed E-state index contributed by atoms with van der Waals surface area (Å²) >= 11 is 1.30. The third kappa shape index (κ3) is 4.00. The number of aryl methyl sites for hydroxylation is 1. The molecule has 0 aliphatic heterocycles. The van der Waals surface area contributed by atoms with Gasteiger partial charge in [0, 0.05) is 19.6 Å². The Morgan fingerprint density at radius 1 is 1.29 bits per heavy atom. The van der Waals surface area contributed by atoms with E-state index in [1.165, 1.54) is 15.6 Å². The van der Waals surface area contributed by atoms with Gasteiger partial charge >= 0.3 is 0 Å². The van der Waals surface area contributed by atoms with Crippen molar-refractivity contribution >= 4 is 27.3 Å². The Morgan fingerprint density at radius 3 is 2.42 bits per heavy atom. The summed E-state index contributed by atoms with van der Waals surface area (Å²) < 4.78 is 26.1. The number of rotatable bonds is 6. The first kappa shape index (κ1) is 18.6. The molecule has 0 unspecified atom stereocenters. The third-order valence-corrected chi connectivity index (χ3v) is 6.71. The molecule has 2 aromatic rings. The number of nitrogens with zero attached hydrogens (tertiary/aromatic N) is 2. The molecule has 1 aromatic carbocycles. The second kappa shape index (κ2) is 7.42. The topological polar surface area (TPSA) is 79.4 Å². The molecule has 0 saturated carbocycles. The maximum absolute atomic E-state index is 12.4. The number of aromatic nitrogens is 1. The molecule has 0 saturated heterocycles. The first-order chi connectivity index (χ1) is 11.2. The lowest BCUT2D eigenvalue weighted by atomic mass is 10.2. The van der Waals surface area contributed by atoms with Crippen molar-refractivity contribution in [2.45, 2.75) is 38.3 Å². The highest BCUT2D eigenvalue weighted by Crippen LogP contribution is 2.17. The van der Waals surface area contributed by atoms with Gasteiger partial charge in [-0.3, -0.25) is 4.79 Å². The zero-order valence-electron chi connectivity index (χ0n) is 14.1. The molecule has 130 valence electrons. The molecule has 0 bridgehead atoms.